The molecule has 1 aromatic carbocycles. The van der Waals surface area contributed by atoms with Gasteiger partial charge >= 0.3 is 6.01 Å². The Balaban J connectivity index is 1.72. The standard InChI is InChI=1S/C15H15ClFN3O3S/c16-11-3-5-14(6-4-11)24(21,22)20-7-1-2-13(10-20)23-15-18-8-12(17)9-19-15/h3-6,8-9,13H,1-2,7,10H2. The lowest BCUT2D eigenvalue weighted by molar-refractivity contribution is 0.119. The molecule has 2 aromatic rings. The molecule has 1 fully saturated rings. The SMILES string of the molecule is O=S(=O)(c1ccc(Cl)cc1)N1CCCC(Oc2ncc(F)cn2)C1. The largest absolute Gasteiger partial charge is 0.459 e. The molecule has 3 rings (SSSR count). The van der Waals surface area contributed by atoms with Crippen molar-refractivity contribution in [1.82, 2.24) is 14.3 Å². The van der Waals surface area contributed by atoms with Gasteiger partial charge < -0.3 is 4.74 Å². The molecular formula is C15H15ClFN3O3S. The Morgan fingerprint density at radius 3 is 2.54 bits per heavy atom. The number of halogens is 2. The van der Waals surface area contributed by atoms with Crippen molar-refractivity contribution in [2.75, 3.05) is 13.1 Å². The molecule has 1 unspecified atom stereocenters. The van der Waals surface area contributed by atoms with E-state index in [-0.39, 0.29) is 23.6 Å². The number of ether oxygens (including phenoxy) is 1. The summed E-state index contributed by atoms with van der Waals surface area (Å²) in [6.07, 6.45) is 2.96. The van der Waals surface area contributed by atoms with Crippen LogP contribution in [0.3, 0.4) is 0 Å². The normalized spacial score (nSPS) is 19.2. The van der Waals surface area contributed by atoms with E-state index in [1.807, 2.05) is 0 Å². The van der Waals surface area contributed by atoms with E-state index in [0.717, 1.165) is 12.4 Å². The minimum absolute atomic E-state index is 0.0344. The first-order valence-electron chi connectivity index (χ1n) is 7.35. The van der Waals surface area contributed by atoms with Gasteiger partial charge in [-0.15, -0.1) is 0 Å². The Bertz CT molecular complexity index is 800. The number of benzene rings is 1. The lowest BCUT2D eigenvalue weighted by atomic mass is 10.1. The Kier molecular flexibility index (Phi) is 4.98. The van der Waals surface area contributed by atoms with Crippen molar-refractivity contribution in [2.24, 2.45) is 0 Å². The third-order valence-corrected chi connectivity index (χ3v) is 5.79. The van der Waals surface area contributed by atoms with Crippen LogP contribution in [-0.4, -0.2) is 41.9 Å². The fourth-order valence-corrected chi connectivity index (χ4v) is 4.12. The molecule has 0 radical (unpaired) electrons. The zero-order chi connectivity index (χ0) is 17.2. The van der Waals surface area contributed by atoms with Crippen molar-refractivity contribution >= 4 is 21.6 Å². The molecule has 0 saturated carbocycles. The number of aromatic nitrogens is 2. The summed E-state index contributed by atoms with van der Waals surface area (Å²) in [6.45, 7) is 0.598. The predicted octanol–water partition coefficient (Wildman–Crippen LogP) is 2.50. The first-order valence-corrected chi connectivity index (χ1v) is 9.17. The van der Waals surface area contributed by atoms with Crippen molar-refractivity contribution < 1.29 is 17.5 Å². The van der Waals surface area contributed by atoms with E-state index in [9.17, 15) is 12.8 Å². The molecule has 0 spiro atoms. The van der Waals surface area contributed by atoms with Crippen LogP contribution in [-0.2, 0) is 10.0 Å². The van der Waals surface area contributed by atoms with Gasteiger partial charge in [-0.2, -0.15) is 4.31 Å². The van der Waals surface area contributed by atoms with E-state index in [4.69, 9.17) is 16.3 Å². The lowest BCUT2D eigenvalue weighted by Crippen LogP contribution is -2.44. The van der Waals surface area contributed by atoms with Crippen molar-refractivity contribution in [3.63, 3.8) is 0 Å². The average molecular weight is 372 g/mol. The van der Waals surface area contributed by atoms with Gasteiger partial charge in [-0.05, 0) is 37.1 Å². The molecule has 24 heavy (non-hydrogen) atoms. The maximum absolute atomic E-state index is 12.8. The highest BCUT2D eigenvalue weighted by molar-refractivity contribution is 7.89. The van der Waals surface area contributed by atoms with E-state index >= 15 is 0 Å². The molecule has 128 valence electrons. The van der Waals surface area contributed by atoms with Gasteiger partial charge in [0.2, 0.25) is 10.0 Å². The van der Waals surface area contributed by atoms with E-state index in [1.165, 1.54) is 16.4 Å². The van der Waals surface area contributed by atoms with Crippen molar-refractivity contribution in [1.29, 1.82) is 0 Å². The zero-order valence-corrected chi connectivity index (χ0v) is 14.2. The number of hydrogen-bond acceptors (Lipinski definition) is 5. The minimum atomic E-state index is -3.62. The number of hydrogen-bond donors (Lipinski definition) is 0. The van der Waals surface area contributed by atoms with Crippen LogP contribution < -0.4 is 4.74 Å². The summed E-state index contributed by atoms with van der Waals surface area (Å²) in [7, 11) is -3.62. The molecule has 1 aliphatic rings. The van der Waals surface area contributed by atoms with Gasteiger partial charge in [-0.3, -0.25) is 0 Å². The van der Waals surface area contributed by atoms with Gasteiger partial charge in [0.1, 0.15) is 6.10 Å². The first kappa shape index (κ1) is 17.1. The van der Waals surface area contributed by atoms with Crippen LogP contribution in [0.5, 0.6) is 6.01 Å². The van der Waals surface area contributed by atoms with Crippen molar-refractivity contribution in [2.45, 2.75) is 23.8 Å². The minimum Gasteiger partial charge on any atom is -0.459 e. The summed E-state index contributed by atoms with van der Waals surface area (Å²) in [6, 6.07) is 6.07. The summed E-state index contributed by atoms with van der Waals surface area (Å²) in [5.74, 6) is -0.557. The van der Waals surface area contributed by atoms with Crippen LogP contribution in [0.15, 0.2) is 41.6 Å². The quantitative estimate of drug-likeness (QED) is 0.825. The molecule has 0 bridgehead atoms. The maximum atomic E-state index is 12.8. The van der Waals surface area contributed by atoms with E-state index in [1.54, 1.807) is 12.1 Å². The zero-order valence-electron chi connectivity index (χ0n) is 12.6. The average Bonchev–Trinajstić information content (AvgIpc) is 2.58. The molecule has 1 atom stereocenters. The molecule has 1 saturated heterocycles. The summed E-state index contributed by atoms with van der Waals surface area (Å²) >= 11 is 5.80. The van der Waals surface area contributed by atoms with E-state index in [0.29, 0.717) is 24.4 Å². The van der Waals surface area contributed by atoms with Gasteiger partial charge in [0.25, 0.3) is 0 Å². The van der Waals surface area contributed by atoms with Crippen molar-refractivity contribution in [3.8, 4) is 6.01 Å². The Labute approximate surface area is 144 Å². The lowest BCUT2D eigenvalue weighted by Gasteiger charge is -2.31. The number of rotatable bonds is 4. The Morgan fingerprint density at radius 1 is 1.21 bits per heavy atom. The summed E-state index contributed by atoms with van der Waals surface area (Å²) < 4.78 is 45.1. The summed E-state index contributed by atoms with van der Waals surface area (Å²) in [5.41, 5.74) is 0. The molecule has 9 heteroatoms. The second-order valence-corrected chi connectivity index (χ2v) is 7.76. The van der Waals surface area contributed by atoms with Crippen LogP contribution >= 0.6 is 11.6 Å². The van der Waals surface area contributed by atoms with Crippen molar-refractivity contribution in [3.05, 3.63) is 47.5 Å². The third kappa shape index (κ3) is 3.82. The van der Waals surface area contributed by atoms with Gasteiger partial charge in [0, 0.05) is 11.6 Å². The first-order chi connectivity index (χ1) is 11.4. The smallest absolute Gasteiger partial charge is 0.316 e. The highest BCUT2D eigenvalue weighted by Gasteiger charge is 2.31. The molecule has 1 aliphatic heterocycles. The van der Waals surface area contributed by atoms with Crippen LogP contribution in [0, 0.1) is 5.82 Å². The topological polar surface area (TPSA) is 72.4 Å². The van der Waals surface area contributed by atoms with Gasteiger partial charge in [0.15, 0.2) is 5.82 Å². The van der Waals surface area contributed by atoms with Crippen LogP contribution in [0.4, 0.5) is 4.39 Å². The molecular weight excluding hydrogens is 357 g/mol. The van der Waals surface area contributed by atoms with E-state index < -0.39 is 15.8 Å². The third-order valence-electron chi connectivity index (χ3n) is 3.66. The monoisotopic (exact) mass is 371 g/mol. The Morgan fingerprint density at radius 2 is 1.88 bits per heavy atom. The van der Waals surface area contributed by atoms with Crippen LogP contribution in [0.25, 0.3) is 0 Å². The van der Waals surface area contributed by atoms with Gasteiger partial charge in [0.05, 0.1) is 23.8 Å². The maximum Gasteiger partial charge on any atom is 0.316 e. The molecule has 0 N–H and O–H groups in total. The summed E-state index contributed by atoms with van der Waals surface area (Å²) in [5, 5.41) is 0.474. The number of piperidine rings is 1. The van der Waals surface area contributed by atoms with E-state index in [2.05, 4.69) is 9.97 Å². The highest BCUT2D eigenvalue weighted by Crippen LogP contribution is 2.23. The fraction of sp³-hybridized carbons (Fsp3) is 0.333. The molecule has 0 aliphatic carbocycles. The molecule has 2 heterocycles. The molecule has 1 aromatic heterocycles. The Hall–Kier alpha value is -1.77. The van der Waals surface area contributed by atoms with Crippen LogP contribution in [0.1, 0.15) is 12.8 Å². The number of nitrogens with zero attached hydrogens (tertiary/aromatic N) is 3. The fourth-order valence-electron chi connectivity index (χ4n) is 2.49. The second-order valence-electron chi connectivity index (χ2n) is 5.38. The number of sulfonamides is 1. The van der Waals surface area contributed by atoms with Gasteiger partial charge in [-0.1, -0.05) is 11.6 Å². The predicted molar refractivity (Wildman–Crippen MR) is 85.9 cm³/mol. The highest BCUT2D eigenvalue weighted by atomic mass is 35.5. The van der Waals surface area contributed by atoms with Crippen LogP contribution in [0.2, 0.25) is 5.02 Å². The second kappa shape index (κ2) is 7.00. The molecule has 0 amide bonds. The summed E-state index contributed by atoms with van der Waals surface area (Å²) in [4.78, 5) is 7.66. The van der Waals surface area contributed by atoms with Gasteiger partial charge in [-0.25, -0.2) is 22.8 Å². The molecule has 6 nitrogen and oxygen atoms in total.